The van der Waals surface area contributed by atoms with Crippen LogP contribution in [0.25, 0.3) is 0 Å². The lowest BCUT2D eigenvalue weighted by molar-refractivity contribution is 0.284. The molecule has 16 heavy (non-hydrogen) atoms. The lowest BCUT2D eigenvalue weighted by atomic mass is 10.1. The van der Waals surface area contributed by atoms with Crippen molar-refractivity contribution >= 4 is 15.9 Å². The summed E-state index contributed by atoms with van der Waals surface area (Å²) >= 11 is 3.60. The maximum absolute atomic E-state index is 3.60. The molecule has 0 saturated carbocycles. The van der Waals surface area contributed by atoms with E-state index in [1.807, 2.05) is 0 Å². The van der Waals surface area contributed by atoms with E-state index in [0.29, 0.717) is 0 Å². The van der Waals surface area contributed by atoms with Crippen LogP contribution in [0.4, 0.5) is 0 Å². The molecule has 1 aliphatic heterocycles. The van der Waals surface area contributed by atoms with Gasteiger partial charge in [0.1, 0.15) is 0 Å². The SMILES string of the molecule is Cc1ccc(CN2CCCNCC2)cc1Br. The number of nitrogens with one attached hydrogen (secondary N) is 1. The lowest BCUT2D eigenvalue weighted by Gasteiger charge is -2.19. The van der Waals surface area contributed by atoms with Crippen LogP contribution in [-0.4, -0.2) is 31.1 Å². The van der Waals surface area contributed by atoms with Crippen LogP contribution in [0, 0.1) is 6.92 Å². The van der Waals surface area contributed by atoms with Gasteiger partial charge in [-0.2, -0.15) is 0 Å². The Bertz CT molecular complexity index is 344. The summed E-state index contributed by atoms with van der Waals surface area (Å²) in [6, 6.07) is 6.67. The summed E-state index contributed by atoms with van der Waals surface area (Å²) in [6.07, 6.45) is 1.26. The van der Waals surface area contributed by atoms with E-state index in [2.05, 4.69) is 51.3 Å². The van der Waals surface area contributed by atoms with E-state index in [1.54, 1.807) is 0 Å². The molecule has 0 spiro atoms. The second kappa shape index (κ2) is 5.80. The van der Waals surface area contributed by atoms with Crippen LogP contribution in [0.1, 0.15) is 17.5 Å². The van der Waals surface area contributed by atoms with Crippen molar-refractivity contribution in [2.24, 2.45) is 0 Å². The molecule has 2 nitrogen and oxygen atoms in total. The molecule has 1 aromatic carbocycles. The molecule has 3 heteroatoms. The molecule has 1 N–H and O–H groups in total. The molecule has 1 fully saturated rings. The van der Waals surface area contributed by atoms with E-state index < -0.39 is 0 Å². The molecule has 2 rings (SSSR count). The van der Waals surface area contributed by atoms with E-state index in [0.717, 1.165) is 26.2 Å². The van der Waals surface area contributed by atoms with E-state index >= 15 is 0 Å². The number of nitrogens with zero attached hydrogens (tertiary/aromatic N) is 1. The molecule has 0 bridgehead atoms. The highest BCUT2D eigenvalue weighted by atomic mass is 79.9. The maximum atomic E-state index is 3.60. The molecule has 1 aromatic rings. The van der Waals surface area contributed by atoms with Crippen LogP contribution < -0.4 is 5.32 Å². The Morgan fingerprint density at radius 1 is 1.31 bits per heavy atom. The van der Waals surface area contributed by atoms with Gasteiger partial charge in [-0.05, 0) is 43.6 Å². The van der Waals surface area contributed by atoms with Gasteiger partial charge in [-0.15, -0.1) is 0 Å². The van der Waals surface area contributed by atoms with Gasteiger partial charge < -0.3 is 5.32 Å². The van der Waals surface area contributed by atoms with E-state index in [9.17, 15) is 0 Å². The van der Waals surface area contributed by atoms with Crippen molar-refractivity contribution in [1.82, 2.24) is 10.2 Å². The average molecular weight is 283 g/mol. The molecular weight excluding hydrogens is 264 g/mol. The van der Waals surface area contributed by atoms with Crippen molar-refractivity contribution < 1.29 is 0 Å². The number of rotatable bonds is 2. The zero-order valence-corrected chi connectivity index (χ0v) is 11.4. The minimum absolute atomic E-state index is 1.07. The smallest absolute Gasteiger partial charge is 0.0234 e. The first-order chi connectivity index (χ1) is 7.75. The van der Waals surface area contributed by atoms with Gasteiger partial charge in [0.15, 0.2) is 0 Å². The highest BCUT2D eigenvalue weighted by Crippen LogP contribution is 2.18. The van der Waals surface area contributed by atoms with Crippen molar-refractivity contribution in [2.75, 3.05) is 26.2 Å². The van der Waals surface area contributed by atoms with Gasteiger partial charge in [-0.1, -0.05) is 28.1 Å². The third kappa shape index (κ3) is 3.30. The highest BCUT2D eigenvalue weighted by Gasteiger charge is 2.09. The number of hydrogen-bond acceptors (Lipinski definition) is 2. The molecular formula is C13H19BrN2. The Balaban J connectivity index is 1.99. The fourth-order valence-corrected chi connectivity index (χ4v) is 2.48. The van der Waals surface area contributed by atoms with Gasteiger partial charge in [0.25, 0.3) is 0 Å². The van der Waals surface area contributed by atoms with Crippen LogP contribution in [0.3, 0.4) is 0 Å². The lowest BCUT2D eigenvalue weighted by Crippen LogP contribution is -2.27. The second-order valence-corrected chi connectivity index (χ2v) is 5.32. The Hall–Kier alpha value is -0.380. The number of aryl methyl sites for hydroxylation is 1. The van der Waals surface area contributed by atoms with Gasteiger partial charge in [-0.25, -0.2) is 0 Å². The minimum atomic E-state index is 1.07. The normalized spacial score (nSPS) is 18.4. The zero-order valence-electron chi connectivity index (χ0n) is 9.80. The highest BCUT2D eigenvalue weighted by molar-refractivity contribution is 9.10. The molecule has 0 radical (unpaired) electrons. The fraction of sp³-hybridized carbons (Fsp3) is 0.538. The Kier molecular flexibility index (Phi) is 4.38. The van der Waals surface area contributed by atoms with Crippen molar-refractivity contribution in [2.45, 2.75) is 19.9 Å². The number of hydrogen-bond donors (Lipinski definition) is 1. The predicted molar refractivity (Wildman–Crippen MR) is 71.6 cm³/mol. The number of halogens is 1. The molecule has 0 aliphatic carbocycles. The summed E-state index contributed by atoms with van der Waals surface area (Å²) in [5.74, 6) is 0. The van der Waals surface area contributed by atoms with Crippen molar-refractivity contribution in [3.05, 3.63) is 33.8 Å². The maximum Gasteiger partial charge on any atom is 0.0234 e. The van der Waals surface area contributed by atoms with Crippen LogP contribution in [0.15, 0.2) is 22.7 Å². The molecule has 1 heterocycles. The van der Waals surface area contributed by atoms with E-state index in [4.69, 9.17) is 0 Å². The topological polar surface area (TPSA) is 15.3 Å². The summed E-state index contributed by atoms with van der Waals surface area (Å²) in [5, 5.41) is 3.43. The van der Waals surface area contributed by atoms with Crippen molar-refractivity contribution in [3.63, 3.8) is 0 Å². The summed E-state index contributed by atoms with van der Waals surface area (Å²) in [6.45, 7) is 7.84. The monoisotopic (exact) mass is 282 g/mol. The summed E-state index contributed by atoms with van der Waals surface area (Å²) in [4.78, 5) is 2.52. The second-order valence-electron chi connectivity index (χ2n) is 4.46. The van der Waals surface area contributed by atoms with Gasteiger partial charge >= 0.3 is 0 Å². The third-order valence-corrected chi connectivity index (χ3v) is 3.93. The standard InChI is InChI=1S/C13H19BrN2/c1-11-3-4-12(9-13(11)14)10-16-7-2-5-15-6-8-16/h3-4,9,15H,2,5-8,10H2,1H3. The largest absolute Gasteiger partial charge is 0.315 e. The number of benzene rings is 1. The molecule has 88 valence electrons. The average Bonchev–Trinajstić information content (AvgIpc) is 2.52. The van der Waals surface area contributed by atoms with Gasteiger partial charge in [0.05, 0.1) is 0 Å². The van der Waals surface area contributed by atoms with Crippen LogP contribution in [-0.2, 0) is 6.54 Å². The van der Waals surface area contributed by atoms with Gasteiger partial charge in [0, 0.05) is 24.1 Å². The summed E-state index contributed by atoms with van der Waals surface area (Å²) < 4.78 is 1.22. The molecule has 0 atom stereocenters. The third-order valence-electron chi connectivity index (χ3n) is 3.08. The van der Waals surface area contributed by atoms with Crippen LogP contribution >= 0.6 is 15.9 Å². The molecule has 0 aromatic heterocycles. The zero-order chi connectivity index (χ0) is 11.4. The first-order valence-electron chi connectivity index (χ1n) is 5.94. The first-order valence-corrected chi connectivity index (χ1v) is 6.73. The van der Waals surface area contributed by atoms with Gasteiger partial charge in [-0.3, -0.25) is 4.90 Å². The molecule has 1 saturated heterocycles. The van der Waals surface area contributed by atoms with Gasteiger partial charge in [0.2, 0.25) is 0 Å². The van der Waals surface area contributed by atoms with Crippen molar-refractivity contribution in [1.29, 1.82) is 0 Å². The molecule has 0 amide bonds. The Morgan fingerprint density at radius 3 is 3.00 bits per heavy atom. The van der Waals surface area contributed by atoms with Crippen LogP contribution in [0.2, 0.25) is 0 Å². The summed E-state index contributed by atoms with van der Waals surface area (Å²) in [5.41, 5.74) is 2.71. The fourth-order valence-electron chi connectivity index (χ4n) is 2.05. The first kappa shape index (κ1) is 12.1. The van der Waals surface area contributed by atoms with Crippen LogP contribution in [0.5, 0.6) is 0 Å². The predicted octanol–water partition coefficient (Wildman–Crippen LogP) is 2.55. The summed E-state index contributed by atoms with van der Waals surface area (Å²) in [7, 11) is 0. The van der Waals surface area contributed by atoms with E-state index in [1.165, 1.54) is 28.6 Å². The Morgan fingerprint density at radius 2 is 2.19 bits per heavy atom. The minimum Gasteiger partial charge on any atom is -0.315 e. The molecule has 0 unspecified atom stereocenters. The van der Waals surface area contributed by atoms with Crippen molar-refractivity contribution in [3.8, 4) is 0 Å². The molecule has 1 aliphatic rings. The quantitative estimate of drug-likeness (QED) is 0.897. The van der Waals surface area contributed by atoms with E-state index in [-0.39, 0.29) is 0 Å². The Labute approximate surface area is 106 Å².